The monoisotopic (exact) mass is 300 g/mol. The summed E-state index contributed by atoms with van der Waals surface area (Å²) in [5.41, 5.74) is 1.10. The Bertz CT molecular complexity index is 618. The Morgan fingerprint density at radius 1 is 1.47 bits per heavy atom. The summed E-state index contributed by atoms with van der Waals surface area (Å²) in [6.45, 7) is 3.59. The van der Waals surface area contributed by atoms with Crippen LogP contribution in [-0.2, 0) is 10.0 Å². The summed E-state index contributed by atoms with van der Waals surface area (Å²) in [4.78, 5) is 0. The van der Waals surface area contributed by atoms with Crippen molar-refractivity contribution in [1.29, 1.82) is 0 Å². The number of nitrogens with zero attached hydrogens (tertiary/aromatic N) is 2. The van der Waals surface area contributed by atoms with Gasteiger partial charge in [0, 0.05) is 5.02 Å². The Hall–Kier alpha value is -1.05. The minimum atomic E-state index is -3.63. The van der Waals surface area contributed by atoms with Gasteiger partial charge >= 0.3 is 7.05 Å². The molecule has 0 spiro atoms. The van der Waals surface area contributed by atoms with E-state index in [-0.39, 0.29) is 11.7 Å². The molecule has 0 unspecified atom stereocenters. The zero-order valence-corrected chi connectivity index (χ0v) is 12.2. The van der Waals surface area contributed by atoms with Gasteiger partial charge < -0.3 is 5.02 Å². The van der Waals surface area contributed by atoms with Gasteiger partial charge in [-0.3, -0.25) is 0 Å². The molecule has 102 valence electrons. The predicted octanol–water partition coefficient (Wildman–Crippen LogP) is 0.663. The molecule has 1 heterocycles. The van der Waals surface area contributed by atoms with E-state index >= 15 is 0 Å². The van der Waals surface area contributed by atoms with Crippen LogP contribution in [0.5, 0.6) is 0 Å². The van der Waals surface area contributed by atoms with Crippen LogP contribution in [0.15, 0.2) is 23.3 Å². The van der Waals surface area contributed by atoms with Gasteiger partial charge in [0.25, 0.3) is 0 Å². The van der Waals surface area contributed by atoms with Crippen molar-refractivity contribution in [2.24, 2.45) is 11.0 Å². The van der Waals surface area contributed by atoms with Crippen LogP contribution in [0.1, 0.15) is 19.4 Å². The van der Waals surface area contributed by atoms with Gasteiger partial charge in [0.1, 0.15) is 0 Å². The molecule has 19 heavy (non-hydrogen) atoms. The lowest BCUT2D eigenvalue weighted by atomic mass is 9.72. The van der Waals surface area contributed by atoms with Crippen LogP contribution in [0.25, 0.3) is 0 Å². The van der Waals surface area contributed by atoms with E-state index in [0.29, 0.717) is 16.0 Å². The van der Waals surface area contributed by atoms with E-state index < -0.39 is 17.1 Å². The van der Waals surface area contributed by atoms with Gasteiger partial charge in [-0.25, -0.2) is 12.7 Å². The first-order valence-electron chi connectivity index (χ1n) is 5.85. The largest absolute Gasteiger partial charge is 0.484 e. The molecule has 0 radical (unpaired) electrons. The molecule has 0 saturated carbocycles. The van der Waals surface area contributed by atoms with Crippen LogP contribution in [-0.4, -0.2) is 36.8 Å². The van der Waals surface area contributed by atoms with E-state index in [2.05, 4.69) is 5.10 Å². The molecule has 0 aromatic heterocycles. The van der Waals surface area contributed by atoms with Crippen molar-refractivity contribution >= 4 is 40.4 Å². The van der Waals surface area contributed by atoms with Gasteiger partial charge in [0.2, 0.25) is 10.0 Å². The van der Waals surface area contributed by atoms with E-state index in [1.54, 1.807) is 32.0 Å². The molecule has 1 aromatic carbocycles. The minimum absolute atomic E-state index is 0.0426. The molecule has 1 aromatic rings. The van der Waals surface area contributed by atoms with Crippen LogP contribution < -0.4 is 5.46 Å². The van der Waals surface area contributed by atoms with E-state index in [4.69, 9.17) is 11.6 Å². The molecule has 0 saturated heterocycles. The zero-order valence-electron chi connectivity index (χ0n) is 10.6. The lowest BCUT2D eigenvalue weighted by Crippen LogP contribution is -2.53. The van der Waals surface area contributed by atoms with Crippen molar-refractivity contribution in [3.8, 4) is 0 Å². The minimum Gasteiger partial charge on any atom is -0.427 e. The third kappa shape index (κ3) is 2.93. The Morgan fingerprint density at radius 3 is 2.79 bits per heavy atom. The molecule has 5 nitrogen and oxygen atoms in total. The normalized spacial score (nSPS) is 15.0. The highest BCUT2D eigenvalue weighted by Gasteiger charge is 2.37. The lowest BCUT2D eigenvalue weighted by molar-refractivity contribution is 0.471. The maximum Gasteiger partial charge on any atom is 0.484 e. The zero-order chi connectivity index (χ0) is 14.2. The van der Waals surface area contributed by atoms with Crippen molar-refractivity contribution in [2.45, 2.75) is 13.8 Å². The predicted molar refractivity (Wildman–Crippen MR) is 77.1 cm³/mol. The number of benzene rings is 1. The Kier molecular flexibility index (Phi) is 3.89. The SMILES string of the molecule is CC(C)CS(=O)(=O)N1N=Cc2cc(Cl)ccc2B1O. The number of hydrazone groups is 1. The first-order valence-corrected chi connectivity index (χ1v) is 7.83. The highest BCUT2D eigenvalue weighted by atomic mass is 35.5. The van der Waals surface area contributed by atoms with Gasteiger partial charge in [-0.2, -0.15) is 5.10 Å². The van der Waals surface area contributed by atoms with Crippen molar-refractivity contribution in [2.75, 3.05) is 5.75 Å². The highest BCUT2D eigenvalue weighted by Crippen LogP contribution is 2.16. The average Bonchev–Trinajstić information content (AvgIpc) is 2.26. The first-order chi connectivity index (χ1) is 8.81. The number of fused-ring (bicyclic) bond motifs is 1. The number of rotatable bonds is 3. The summed E-state index contributed by atoms with van der Waals surface area (Å²) in [6, 6.07) is 4.84. The van der Waals surface area contributed by atoms with Gasteiger partial charge in [-0.1, -0.05) is 31.5 Å². The van der Waals surface area contributed by atoms with Crippen molar-refractivity contribution < 1.29 is 13.4 Å². The van der Waals surface area contributed by atoms with Gasteiger partial charge in [0.05, 0.1) is 12.0 Å². The smallest absolute Gasteiger partial charge is 0.427 e. The molecule has 0 bridgehead atoms. The van der Waals surface area contributed by atoms with Gasteiger partial charge in [-0.15, -0.1) is 0 Å². The second-order valence-electron chi connectivity index (χ2n) is 4.84. The van der Waals surface area contributed by atoms with Crippen LogP contribution in [0.2, 0.25) is 5.02 Å². The summed E-state index contributed by atoms with van der Waals surface area (Å²) in [6.07, 6.45) is 1.39. The molecule has 0 fully saturated rings. The van der Waals surface area contributed by atoms with Crippen molar-refractivity contribution in [1.82, 2.24) is 4.33 Å². The highest BCUT2D eigenvalue weighted by molar-refractivity contribution is 7.90. The summed E-state index contributed by atoms with van der Waals surface area (Å²) in [5.74, 6) is -0.108. The van der Waals surface area contributed by atoms with Crippen LogP contribution >= 0.6 is 11.6 Å². The molecule has 0 aliphatic carbocycles. The molecule has 0 atom stereocenters. The van der Waals surface area contributed by atoms with E-state index in [1.807, 2.05) is 0 Å². The van der Waals surface area contributed by atoms with E-state index in [9.17, 15) is 13.4 Å². The Labute approximate surface area is 118 Å². The fourth-order valence-electron chi connectivity index (χ4n) is 1.92. The summed E-state index contributed by atoms with van der Waals surface area (Å²) >= 11 is 5.84. The van der Waals surface area contributed by atoms with Gasteiger partial charge in [-0.05, 0) is 29.1 Å². The molecule has 1 N–H and O–H groups in total. The number of sulfonamides is 1. The molecule has 8 heteroatoms. The maximum absolute atomic E-state index is 12.1. The quantitative estimate of drug-likeness (QED) is 0.834. The second-order valence-corrected chi connectivity index (χ2v) is 7.14. The summed E-state index contributed by atoms with van der Waals surface area (Å²) in [7, 11) is -4.94. The van der Waals surface area contributed by atoms with Crippen molar-refractivity contribution in [3.63, 3.8) is 0 Å². The van der Waals surface area contributed by atoms with E-state index in [0.717, 1.165) is 4.33 Å². The van der Waals surface area contributed by atoms with Crippen LogP contribution in [0.3, 0.4) is 0 Å². The number of hydrogen-bond donors (Lipinski definition) is 1. The van der Waals surface area contributed by atoms with Crippen molar-refractivity contribution in [3.05, 3.63) is 28.8 Å². The second kappa shape index (κ2) is 5.15. The Morgan fingerprint density at radius 2 is 2.16 bits per heavy atom. The van der Waals surface area contributed by atoms with Crippen LogP contribution in [0.4, 0.5) is 0 Å². The Balaban J connectivity index is 2.37. The average molecular weight is 301 g/mol. The number of hydrogen-bond acceptors (Lipinski definition) is 4. The molecular weight excluding hydrogens is 286 g/mol. The molecule has 1 aliphatic heterocycles. The summed E-state index contributed by atoms with van der Waals surface area (Å²) in [5, 5.41) is 14.5. The lowest BCUT2D eigenvalue weighted by Gasteiger charge is -2.26. The maximum atomic E-state index is 12.1. The fraction of sp³-hybridized carbons (Fsp3) is 0.364. The van der Waals surface area contributed by atoms with Crippen LogP contribution in [0, 0.1) is 5.92 Å². The van der Waals surface area contributed by atoms with E-state index in [1.165, 1.54) is 6.21 Å². The molecule has 1 aliphatic rings. The number of halogens is 1. The summed E-state index contributed by atoms with van der Waals surface area (Å²) < 4.78 is 25.0. The fourth-order valence-corrected chi connectivity index (χ4v) is 3.70. The third-order valence-electron chi connectivity index (χ3n) is 2.68. The molecular formula is C11H14BClN2O3S. The first kappa shape index (κ1) is 14.4. The topological polar surface area (TPSA) is 70.0 Å². The molecule has 2 rings (SSSR count). The van der Waals surface area contributed by atoms with Gasteiger partial charge in [0.15, 0.2) is 0 Å². The third-order valence-corrected chi connectivity index (χ3v) is 4.86. The standard InChI is InChI=1S/C11H14BClN2O3S/c1-8(2)7-19(17,18)15-12(16)11-4-3-10(13)5-9(11)6-14-15/h3-6,8,16H,7H2,1-2H3. The molecule has 0 amide bonds.